The van der Waals surface area contributed by atoms with E-state index in [4.69, 9.17) is 9.84 Å². The summed E-state index contributed by atoms with van der Waals surface area (Å²) in [4.78, 5) is 11.1. The van der Waals surface area contributed by atoms with Crippen LogP contribution in [0.1, 0.15) is 15.9 Å². The Morgan fingerprint density at radius 1 is 0.826 bits per heavy atom. The first-order valence-electron chi connectivity index (χ1n) is 7.33. The summed E-state index contributed by atoms with van der Waals surface area (Å²) in [6.07, 6.45) is 0. The van der Waals surface area contributed by atoms with E-state index in [-0.39, 0.29) is 5.56 Å². The third kappa shape index (κ3) is 3.77. The maximum atomic E-state index is 11.1. The van der Waals surface area contributed by atoms with Crippen molar-refractivity contribution in [1.29, 1.82) is 0 Å². The lowest BCUT2D eigenvalue weighted by molar-refractivity contribution is 0.0697. The number of ether oxygens (including phenoxy) is 1. The van der Waals surface area contributed by atoms with E-state index in [0.29, 0.717) is 6.61 Å². The number of hydrogen-bond donors (Lipinski definition) is 1. The second-order valence-corrected chi connectivity index (χ2v) is 5.19. The minimum absolute atomic E-state index is 0.276. The van der Waals surface area contributed by atoms with Crippen molar-refractivity contribution in [3.63, 3.8) is 0 Å². The van der Waals surface area contributed by atoms with E-state index in [1.54, 1.807) is 18.2 Å². The summed E-state index contributed by atoms with van der Waals surface area (Å²) in [5, 5.41) is 9.10. The molecule has 0 aliphatic heterocycles. The molecule has 0 atom stereocenters. The number of benzene rings is 3. The number of aromatic carboxylic acids is 1. The van der Waals surface area contributed by atoms with Gasteiger partial charge in [0.2, 0.25) is 0 Å². The molecule has 0 aliphatic carbocycles. The third-order valence-electron chi connectivity index (χ3n) is 3.53. The summed E-state index contributed by atoms with van der Waals surface area (Å²) in [5.41, 5.74) is 3.16. The van der Waals surface area contributed by atoms with Crippen LogP contribution in [0.2, 0.25) is 0 Å². The minimum atomic E-state index is -0.927. The highest BCUT2D eigenvalue weighted by molar-refractivity contribution is 5.89. The van der Waals surface area contributed by atoms with Gasteiger partial charge in [-0.25, -0.2) is 4.79 Å². The van der Waals surface area contributed by atoms with Crippen molar-refractivity contribution in [2.24, 2.45) is 0 Å². The van der Waals surface area contributed by atoms with E-state index >= 15 is 0 Å². The van der Waals surface area contributed by atoms with Crippen molar-refractivity contribution >= 4 is 5.97 Å². The molecule has 0 radical (unpaired) electrons. The quantitative estimate of drug-likeness (QED) is 0.747. The maximum absolute atomic E-state index is 11.1. The van der Waals surface area contributed by atoms with Crippen LogP contribution in [0.3, 0.4) is 0 Å². The summed E-state index contributed by atoms with van der Waals surface area (Å²) in [6.45, 7) is 0.499. The molecule has 3 aromatic carbocycles. The first-order chi connectivity index (χ1) is 11.2. The zero-order chi connectivity index (χ0) is 16.1. The SMILES string of the molecule is O=C(O)c1cccc(-c2cccc(OCc3ccccc3)c2)c1. The Balaban J connectivity index is 1.80. The van der Waals surface area contributed by atoms with Gasteiger partial charge in [0, 0.05) is 0 Å². The van der Waals surface area contributed by atoms with Crippen molar-refractivity contribution in [3.05, 3.63) is 90.0 Å². The number of rotatable bonds is 5. The van der Waals surface area contributed by atoms with Gasteiger partial charge in [0.1, 0.15) is 12.4 Å². The molecule has 0 bridgehead atoms. The van der Waals surface area contributed by atoms with E-state index < -0.39 is 5.97 Å². The molecule has 0 saturated heterocycles. The van der Waals surface area contributed by atoms with E-state index in [2.05, 4.69) is 0 Å². The van der Waals surface area contributed by atoms with Gasteiger partial charge in [-0.1, -0.05) is 54.6 Å². The molecular formula is C20H16O3. The lowest BCUT2D eigenvalue weighted by atomic mass is 10.0. The lowest BCUT2D eigenvalue weighted by Gasteiger charge is -2.09. The fraction of sp³-hybridized carbons (Fsp3) is 0.0500. The summed E-state index contributed by atoms with van der Waals surface area (Å²) in [5.74, 6) is -0.171. The van der Waals surface area contributed by atoms with Gasteiger partial charge in [0.25, 0.3) is 0 Å². The summed E-state index contributed by atoms with van der Waals surface area (Å²) in [6, 6.07) is 24.5. The number of carboxylic acid groups (broad SMARTS) is 1. The first-order valence-corrected chi connectivity index (χ1v) is 7.33. The number of hydrogen-bond acceptors (Lipinski definition) is 2. The molecular weight excluding hydrogens is 288 g/mol. The van der Waals surface area contributed by atoms with E-state index in [1.165, 1.54) is 0 Å². The Bertz CT molecular complexity index is 810. The van der Waals surface area contributed by atoms with Crippen LogP contribution in [0, 0.1) is 0 Å². The van der Waals surface area contributed by atoms with Crippen LogP contribution in [0.4, 0.5) is 0 Å². The molecule has 0 fully saturated rings. The second kappa shape index (κ2) is 6.79. The Kier molecular flexibility index (Phi) is 4.39. The Morgan fingerprint density at radius 2 is 1.52 bits per heavy atom. The number of carbonyl (C=O) groups is 1. The first kappa shape index (κ1) is 14.9. The standard InChI is InChI=1S/C20H16O3/c21-20(22)18-10-4-8-16(12-18)17-9-5-11-19(13-17)23-14-15-6-2-1-3-7-15/h1-13H,14H2,(H,21,22). The smallest absolute Gasteiger partial charge is 0.335 e. The summed E-state index contributed by atoms with van der Waals surface area (Å²) >= 11 is 0. The van der Waals surface area contributed by atoms with Crippen molar-refractivity contribution in [1.82, 2.24) is 0 Å². The van der Waals surface area contributed by atoms with Gasteiger partial charge in [-0.15, -0.1) is 0 Å². The Hall–Kier alpha value is -3.07. The van der Waals surface area contributed by atoms with Crippen molar-refractivity contribution in [2.45, 2.75) is 6.61 Å². The molecule has 0 spiro atoms. The van der Waals surface area contributed by atoms with Crippen LogP contribution in [0.5, 0.6) is 5.75 Å². The molecule has 0 unspecified atom stereocenters. The average Bonchev–Trinajstić information content (AvgIpc) is 2.61. The van der Waals surface area contributed by atoms with Crippen LogP contribution >= 0.6 is 0 Å². The monoisotopic (exact) mass is 304 g/mol. The van der Waals surface area contributed by atoms with Gasteiger partial charge in [0.05, 0.1) is 5.56 Å². The van der Waals surface area contributed by atoms with Gasteiger partial charge in [0.15, 0.2) is 0 Å². The van der Waals surface area contributed by atoms with Crippen LogP contribution in [0.25, 0.3) is 11.1 Å². The van der Waals surface area contributed by atoms with Crippen LogP contribution < -0.4 is 4.74 Å². The molecule has 3 nitrogen and oxygen atoms in total. The molecule has 3 aromatic rings. The molecule has 0 amide bonds. The Labute approximate surface area is 134 Å². The molecule has 114 valence electrons. The van der Waals surface area contributed by atoms with Gasteiger partial charge in [-0.3, -0.25) is 0 Å². The third-order valence-corrected chi connectivity index (χ3v) is 3.53. The average molecular weight is 304 g/mol. The molecule has 0 heterocycles. The summed E-state index contributed by atoms with van der Waals surface area (Å²) < 4.78 is 5.82. The van der Waals surface area contributed by atoms with Crippen molar-refractivity contribution in [3.8, 4) is 16.9 Å². The van der Waals surface area contributed by atoms with Gasteiger partial charge in [-0.05, 0) is 41.0 Å². The predicted molar refractivity (Wildman–Crippen MR) is 89.6 cm³/mol. The number of carboxylic acids is 1. The van der Waals surface area contributed by atoms with Gasteiger partial charge < -0.3 is 9.84 Å². The predicted octanol–water partition coefficient (Wildman–Crippen LogP) is 4.63. The van der Waals surface area contributed by atoms with E-state index in [0.717, 1.165) is 22.4 Å². The van der Waals surface area contributed by atoms with Gasteiger partial charge in [-0.2, -0.15) is 0 Å². The van der Waals surface area contributed by atoms with Crippen LogP contribution in [0.15, 0.2) is 78.9 Å². The molecule has 0 saturated carbocycles. The second-order valence-electron chi connectivity index (χ2n) is 5.19. The molecule has 23 heavy (non-hydrogen) atoms. The van der Waals surface area contributed by atoms with E-state index in [1.807, 2.05) is 60.7 Å². The molecule has 1 N–H and O–H groups in total. The highest BCUT2D eigenvalue weighted by Crippen LogP contribution is 2.25. The minimum Gasteiger partial charge on any atom is -0.489 e. The molecule has 3 heteroatoms. The van der Waals surface area contributed by atoms with Crippen molar-refractivity contribution in [2.75, 3.05) is 0 Å². The zero-order valence-electron chi connectivity index (χ0n) is 12.5. The Morgan fingerprint density at radius 3 is 2.26 bits per heavy atom. The fourth-order valence-electron chi connectivity index (χ4n) is 2.34. The highest BCUT2D eigenvalue weighted by atomic mass is 16.5. The lowest BCUT2D eigenvalue weighted by Crippen LogP contribution is -1.96. The van der Waals surface area contributed by atoms with E-state index in [9.17, 15) is 4.79 Å². The molecule has 3 rings (SSSR count). The van der Waals surface area contributed by atoms with Crippen LogP contribution in [-0.4, -0.2) is 11.1 Å². The van der Waals surface area contributed by atoms with Gasteiger partial charge >= 0.3 is 5.97 Å². The maximum Gasteiger partial charge on any atom is 0.335 e. The molecule has 0 aromatic heterocycles. The highest BCUT2D eigenvalue weighted by Gasteiger charge is 2.06. The van der Waals surface area contributed by atoms with Crippen molar-refractivity contribution < 1.29 is 14.6 Å². The molecule has 0 aliphatic rings. The summed E-state index contributed by atoms with van der Waals surface area (Å²) in [7, 11) is 0. The zero-order valence-corrected chi connectivity index (χ0v) is 12.5. The van der Waals surface area contributed by atoms with Crippen LogP contribution in [-0.2, 0) is 6.61 Å². The topological polar surface area (TPSA) is 46.5 Å². The fourth-order valence-corrected chi connectivity index (χ4v) is 2.34. The normalized spacial score (nSPS) is 10.3. The largest absolute Gasteiger partial charge is 0.489 e.